The summed E-state index contributed by atoms with van der Waals surface area (Å²) in [5.74, 6) is 4.21. The van der Waals surface area contributed by atoms with Crippen LogP contribution in [0.3, 0.4) is 0 Å². The van der Waals surface area contributed by atoms with E-state index in [4.69, 9.17) is 4.74 Å². The van der Waals surface area contributed by atoms with Crippen LogP contribution in [-0.2, 0) is 9.53 Å². The Bertz CT molecular complexity index is 946. The smallest absolute Gasteiger partial charge is 0.133 e. The second-order valence-electron chi connectivity index (χ2n) is 14.9. The summed E-state index contributed by atoms with van der Waals surface area (Å²) < 4.78 is 7.28. The molecular weight excluding hydrogens is 458 g/mol. The molecule has 5 heteroatoms. The van der Waals surface area contributed by atoms with Crippen molar-refractivity contribution in [2.75, 3.05) is 40.8 Å². The van der Waals surface area contributed by atoms with E-state index in [1.807, 2.05) is 0 Å². The average Bonchev–Trinajstić information content (AvgIpc) is 3.34. The van der Waals surface area contributed by atoms with E-state index in [-0.39, 0.29) is 17.4 Å². The van der Waals surface area contributed by atoms with Crippen molar-refractivity contribution in [2.45, 2.75) is 109 Å². The molecule has 37 heavy (non-hydrogen) atoms. The Morgan fingerprint density at radius 2 is 1.97 bits per heavy atom. The third-order valence-corrected chi connectivity index (χ3v) is 12.5. The number of likely N-dealkylation sites (N-methyl/N-ethyl adjacent to an activating group) is 2. The molecule has 6 rings (SSSR count). The molecule has 1 N–H and O–H groups in total. The summed E-state index contributed by atoms with van der Waals surface area (Å²) in [5, 5.41) is 3.85. The van der Waals surface area contributed by atoms with Crippen LogP contribution in [0.25, 0.3) is 0 Å². The molecule has 0 bridgehead atoms. The van der Waals surface area contributed by atoms with E-state index in [1.54, 1.807) is 11.1 Å². The number of rotatable bonds is 4. The van der Waals surface area contributed by atoms with Crippen LogP contribution in [0, 0.1) is 35.0 Å². The van der Waals surface area contributed by atoms with E-state index in [0.717, 1.165) is 62.9 Å². The van der Waals surface area contributed by atoms with Crippen LogP contribution in [0.1, 0.15) is 91.4 Å². The lowest BCUT2D eigenvalue weighted by molar-refractivity contribution is -0.129. The van der Waals surface area contributed by atoms with Crippen molar-refractivity contribution in [2.24, 2.45) is 35.0 Å². The van der Waals surface area contributed by atoms with Gasteiger partial charge in [-0.15, -0.1) is 0 Å². The van der Waals surface area contributed by atoms with Crippen molar-refractivity contribution >= 4 is 5.78 Å². The fourth-order valence-electron chi connectivity index (χ4n) is 10.6. The Hall–Kier alpha value is -0.750. The third-order valence-electron chi connectivity index (χ3n) is 12.5. The standard InChI is InChI=1S/C32H53N3O2/c1-21-15-29-32(33-4,35(19-21)14-13-34(5)6)20-31(37-29)12-10-25-26-8-7-23-16-24(36)9-11-30(23,3)28(26)17-27(25)22(2)18-31/h21,23,25-26,28-29,33H,7-20H2,1-6H3. The maximum atomic E-state index is 12.3. The second kappa shape index (κ2) is 9.42. The summed E-state index contributed by atoms with van der Waals surface area (Å²) in [6, 6.07) is 0. The van der Waals surface area contributed by atoms with Crippen molar-refractivity contribution in [3.63, 3.8) is 0 Å². The van der Waals surface area contributed by atoms with Gasteiger partial charge in [0.25, 0.3) is 0 Å². The number of nitrogens with one attached hydrogen (secondary N) is 1. The van der Waals surface area contributed by atoms with Gasteiger partial charge in [-0.3, -0.25) is 15.0 Å². The van der Waals surface area contributed by atoms with Gasteiger partial charge in [-0.1, -0.05) is 25.0 Å². The Balaban J connectivity index is 1.26. The number of nitrogens with zero attached hydrogens (tertiary/aromatic N) is 2. The lowest BCUT2D eigenvalue weighted by atomic mass is 9.52. The molecule has 5 fully saturated rings. The van der Waals surface area contributed by atoms with Crippen molar-refractivity contribution < 1.29 is 9.53 Å². The number of likely N-dealkylation sites (tertiary alicyclic amines) is 1. The summed E-state index contributed by atoms with van der Waals surface area (Å²) in [4.78, 5) is 17.4. The van der Waals surface area contributed by atoms with Gasteiger partial charge in [0.1, 0.15) is 11.4 Å². The van der Waals surface area contributed by atoms with Crippen LogP contribution in [0.4, 0.5) is 0 Å². The van der Waals surface area contributed by atoms with E-state index >= 15 is 0 Å². The molecule has 4 aliphatic carbocycles. The van der Waals surface area contributed by atoms with Gasteiger partial charge in [0.05, 0.1) is 11.7 Å². The molecule has 0 aromatic rings. The molecule has 6 aliphatic rings. The minimum atomic E-state index is -0.0321. The van der Waals surface area contributed by atoms with Crippen LogP contribution in [0.15, 0.2) is 11.1 Å². The Morgan fingerprint density at radius 3 is 2.73 bits per heavy atom. The lowest BCUT2D eigenvalue weighted by Gasteiger charge is -2.52. The number of ether oxygens (including phenoxy) is 1. The molecule has 3 saturated carbocycles. The largest absolute Gasteiger partial charge is 0.368 e. The zero-order valence-corrected chi connectivity index (χ0v) is 24.6. The van der Waals surface area contributed by atoms with Gasteiger partial charge >= 0.3 is 0 Å². The minimum absolute atomic E-state index is 0.0244. The number of hydrogen-bond donors (Lipinski definition) is 1. The maximum Gasteiger partial charge on any atom is 0.133 e. The van der Waals surface area contributed by atoms with Crippen molar-refractivity contribution in [3.8, 4) is 0 Å². The molecule has 9 unspecified atom stereocenters. The highest BCUT2D eigenvalue weighted by molar-refractivity contribution is 5.79. The van der Waals surface area contributed by atoms with Gasteiger partial charge < -0.3 is 9.64 Å². The molecule has 2 aliphatic heterocycles. The average molecular weight is 512 g/mol. The number of carbonyl (C=O) groups is 1. The fourth-order valence-corrected chi connectivity index (χ4v) is 10.6. The molecule has 2 heterocycles. The molecule has 5 nitrogen and oxygen atoms in total. The molecular formula is C32H53N3O2. The zero-order chi connectivity index (χ0) is 26.2. The Kier molecular flexibility index (Phi) is 6.74. The highest BCUT2D eigenvalue weighted by atomic mass is 16.5. The summed E-state index contributed by atoms with van der Waals surface area (Å²) in [5.41, 5.74) is 3.78. The first-order chi connectivity index (χ1) is 17.6. The number of fused-ring (bicyclic) bond motifs is 6. The normalized spacial score (nSPS) is 48.1. The van der Waals surface area contributed by atoms with Crippen LogP contribution < -0.4 is 5.32 Å². The first-order valence-electron chi connectivity index (χ1n) is 15.6. The van der Waals surface area contributed by atoms with E-state index in [0.29, 0.717) is 23.0 Å². The second-order valence-corrected chi connectivity index (χ2v) is 14.9. The number of Topliss-reactive ketones (excluding diaryl/α,β-unsaturated/α-hetero) is 1. The molecule has 208 valence electrons. The van der Waals surface area contributed by atoms with Gasteiger partial charge in [-0.25, -0.2) is 0 Å². The molecule has 9 atom stereocenters. The van der Waals surface area contributed by atoms with Crippen molar-refractivity contribution in [1.82, 2.24) is 15.1 Å². The molecule has 0 amide bonds. The summed E-state index contributed by atoms with van der Waals surface area (Å²) in [6.45, 7) is 10.8. The lowest BCUT2D eigenvalue weighted by Crippen LogP contribution is -2.67. The minimum Gasteiger partial charge on any atom is -0.368 e. The first-order valence-corrected chi connectivity index (χ1v) is 15.6. The highest BCUT2D eigenvalue weighted by Gasteiger charge is 2.62. The van der Waals surface area contributed by atoms with E-state index in [2.05, 4.69) is 57.0 Å². The summed E-state index contributed by atoms with van der Waals surface area (Å²) >= 11 is 0. The van der Waals surface area contributed by atoms with E-state index in [9.17, 15) is 4.79 Å². The molecule has 1 spiro atoms. The van der Waals surface area contributed by atoms with Crippen molar-refractivity contribution in [1.29, 1.82) is 0 Å². The maximum absolute atomic E-state index is 12.3. The van der Waals surface area contributed by atoms with Gasteiger partial charge in [0.15, 0.2) is 0 Å². The van der Waals surface area contributed by atoms with Crippen LogP contribution >= 0.6 is 0 Å². The third kappa shape index (κ3) is 4.21. The number of allylic oxidation sites excluding steroid dienone is 1. The Labute approximate surface area is 226 Å². The predicted molar refractivity (Wildman–Crippen MR) is 149 cm³/mol. The number of hydrogen-bond acceptors (Lipinski definition) is 5. The summed E-state index contributed by atoms with van der Waals surface area (Å²) in [6.07, 6.45) is 12.9. The summed E-state index contributed by atoms with van der Waals surface area (Å²) in [7, 11) is 6.56. The Morgan fingerprint density at radius 1 is 1.16 bits per heavy atom. The SMILES string of the molecule is CNC12CC3(CCC4C(=C(C)C3)CC3C4CCC4CC(=O)CCC43C)OC1CC(C)CN2CCN(C)C. The zero-order valence-electron chi connectivity index (χ0n) is 24.6. The van der Waals surface area contributed by atoms with E-state index in [1.165, 1.54) is 45.1 Å². The number of carbonyl (C=O) groups excluding carboxylic acids is 1. The quantitative estimate of drug-likeness (QED) is 0.522. The number of ketones is 1. The van der Waals surface area contributed by atoms with Gasteiger partial charge in [-0.2, -0.15) is 0 Å². The first kappa shape index (κ1) is 26.5. The van der Waals surface area contributed by atoms with Crippen LogP contribution in [0.2, 0.25) is 0 Å². The van der Waals surface area contributed by atoms with Gasteiger partial charge in [-0.05, 0) is 114 Å². The molecule has 0 aromatic carbocycles. The number of piperidine rings is 1. The van der Waals surface area contributed by atoms with Crippen molar-refractivity contribution in [3.05, 3.63) is 11.1 Å². The monoisotopic (exact) mass is 511 g/mol. The van der Waals surface area contributed by atoms with Gasteiger partial charge in [0, 0.05) is 38.9 Å². The fraction of sp³-hybridized carbons (Fsp3) is 0.906. The molecule has 0 aromatic heterocycles. The van der Waals surface area contributed by atoms with Gasteiger partial charge in [0.2, 0.25) is 0 Å². The van der Waals surface area contributed by atoms with E-state index < -0.39 is 0 Å². The predicted octanol–water partition coefficient (Wildman–Crippen LogP) is 5.26. The molecule has 0 radical (unpaired) electrons. The topological polar surface area (TPSA) is 44.8 Å². The van der Waals surface area contributed by atoms with Crippen LogP contribution in [0.5, 0.6) is 0 Å². The highest BCUT2D eigenvalue weighted by Crippen LogP contribution is 2.65. The molecule has 2 saturated heterocycles. The van der Waals surface area contributed by atoms with Crippen LogP contribution in [-0.4, -0.2) is 73.7 Å².